The Morgan fingerprint density at radius 2 is 1.86 bits per heavy atom. The van der Waals surface area contributed by atoms with Gasteiger partial charge in [0.25, 0.3) is 11.8 Å². The Hall–Kier alpha value is -4.61. The number of pyridine rings is 1. The highest BCUT2D eigenvalue weighted by molar-refractivity contribution is 7.15. The van der Waals surface area contributed by atoms with Crippen molar-refractivity contribution in [1.29, 1.82) is 0 Å². The first kappa shape index (κ1) is 32.3. The molecule has 4 aromatic rings. The fourth-order valence-corrected chi connectivity index (χ4v) is 4.51. The van der Waals surface area contributed by atoms with E-state index in [4.69, 9.17) is 0 Å². The molecule has 3 aromatic heterocycles. The molecule has 0 fully saturated rings. The molecule has 3 heterocycles. The molecule has 0 aliphatic rings. The first-order chi connectivity index (χ1) is 20.7. The summed E-state index contributed by atoms with van der Waals surface area (Å²) in [4.78, 5) is 28.3. The van der Waals surface area contributed by atoms with Crippen LogP contribution in [0.3, 0.4) is 0 Å². The third-order valence-electron chi connectivity index (χ3n) is 5.77. The molecule has 0 radical (unpaired) electrons. The van der Waals surface area contributed by atoms with Crippen LogP contribution < -0.4 is 15.4 Å². The number of alkyl halides is 6. The molecule has 11 nitrogen and oxygen atoms in total. The van der Waals surface area contributed by atoms with Gasteiger partial charge < -0.3 is 15.4 Å². The van der Waals surface area contributed by atoms with Gasteiger partial charge in [-0.1, -0.05) is 34.7 Å². The highest BCUT2D eigenvalue weighted by atomic mass is 32.1. The first-order valence-electron chi connectivity index (χ1n) is 12.9. The number of carbonyl (C=O) groups excluding carboxylic acids is 2. The summed E-state index contributed by atoms with van der Waals surface area (Å²) in [6.45, 7) is 0.541. The number of nitrogens with one attached hydrogen (secondary N) is 2. The highest BCUT2D eigenvalue weighted by Gasteiger charge is 2.31. The third kappa shape index (κ3) is 9.99. The zero-order chi connectivity index (χ0) is 31.9. The Labute approximate surface area is 249 Å². The van der Waals surface area contributed by atoms with Crippen molar-refractivity contribution in [2.45, 2.75) is 57.7 Å². The second-order valence-electron chi connectivity index (χ2n) is 9.51. The van der Waals surface area contributed by atoms with Crippen molar-refractivity contribution >= 4 is 28.3 Å². The number of ether oxygens (including phenoxy) is 1. The number of rotatable bonds is 13. The van der Waals surface area contributed by atoms with Crippen LogP contribution in [-0.2, 0) is 36.6 Å². The third-order valence-corrected chi connectivity index (χ3v) is 6.66. The Balaban J connectivity index is 1.19. The fraction of sp³-hybridized carbons (Fsp3) is 0.346. The molecule has 1 atom stereocenters. The van der Waals surface area contributed by atoms with E-state index < -0.39 is 41.7 Å². The highest BCUT2D eigenvalue weighted by Crippen LogP contribution is 2.25. The molecule has 0 saturated carbocycles. The van der Waals surface area contributed by atoms with Gasteiger partial charge in [-0.3, -0.25) is 14.6 Å². The summed E-state index contributed by atoms with van der Waals surface area (Å²) in [7, 11) is 0. The Morgan fingerprint density at radius 1 is 1.07 bits per heavy atom. The quantitative estimate of drug-likeness (QED) is 0.202. The average molecular weight is 643 g/mol. The molecule has 1 unspecified atom stereocenters. The summed E-state index contributed by atoms with van der Waals surface area (Å²) < 4.78 is 83.4. The Bertz CT molecular complexity index is 1570. The van der Waals surface area contributed by atoms with Crippen molar-refractivity contribution in [3.8, 4) is 5.75 Å². The van der Waals surface area contributed by atoms with Crippen LogP contribution in [0.15, 0.2) is 48.8 Å². The van der Waals surface area contributed by atoms with Crippen LogP contribution in [0.25, 0.3) is 0 Å². The van der Waals surface area contributed by atoms with Gasteiger partial charge in [0, 0.05) is 26.1 Å². The van der Waals surface area contributed by atoms with Crippen molar-refractivity contribution in [3.63, 3.8) is 0 Å². The number of hydrogen-bond acceptors (Lipinski definition) is 9. The van der Waals surface area contributed by atoms with E-state index in [1.54, 1.807) is 0 Å². The lowest BCUT2D eigenvalue weighted by molar-refractivity contribution is -0.274. The maximum absolute atomic E-state index is 14.6. The molecule has 0 spiro atoms. The summed E-state index contributed by atoms with van der Waals surface area (Å²) >= 11 is 1.02. The Morgan fingerprint density at radius 3 is 2.57 bits per heavy atom. The van der Waals surface area contributed by atoms with Crippen LogP contribution in [0.5, 0.6) is 5.75 Å². The van der Waals surface area contributed by atoms with Gasteiger partial charge in [-0.05, 0) is 35.7 Å². The van der Waals surface area contributed by atoms with E-state index in [0.717, 1.165) is 30.4 Å². The van der Waals surface area contributed by atoms with E-state index in [0.29, 0.717) is 10.6 Å². The van der Waals surface area contributed by atoms with Crippen LogP contribution in [0.4, 0.5) is 31.5 Å². The second kappa shape index (κ2) is 13.8. The summed E-state index contributed by atoms with van der Waals surface area (Å²) in [5.74, 6) is -4.66. The van der Waals surface area contributed by atoms with E-state index in [2.05, 4.69) is 40.9 Å². The molecule has 0 saturated heterocycles. The van der Waals surface area contributed by atoms with E-state index >= 15 is 0 Å². The van der Waals surface area contributed by atoms with Crippen LogP contribution in [0, 0.1) is 0 Å². The van der Waals surface area contributed by atoms with Gasteiger partial charge in [-0.2, -0.15) is 8.78 Å². The molecular formula is C26H24F6N8O3S. The van der Waals surface area contributed by atoms with Gasteiger partial charge in [-0.15, -0.1) is 28.5 Å². The standard InChI is InChI=1S/C26H24F6N8O3S/c1-25(28,29)20-7-5-16(11-33-20)12-34-23(42)19-14-40(39-36-19)13-17(27)6-8-22-37-38-24(44-22)35-21(41)10-15-3-2-4-18(9-15)43-26(30,31)32/h2-5,7,9,11,14,17H,6,8,10,12-13H2,1H3,(H,34,42)(H,35,38,41). The number of carbonyl (C=O) groups is 2. The van der Waals surface area contributed by atoms with Crippen molar-refractivity contribution < 1.29 is 40.7 Å². The van der Waals surface area contributed by atoms with Gasteiger partial charge >= 0.3 is 6.36 Å². The number of anilines is 1. The molecule has 234 valence electrons. The minimum absolute atomic E-state index is 0.00833. The predicted molar refractivity (Wildman–Crippen MR) is 144 cm³/mol. The molecule has 2 N–H and O–H groups in total. The van der Waals surface area contributed by atoms with Crippen LogP contribution in [0.1, 0.15) is 45.7 Å². The van der Waals surface area contributed by atoms with Crippen molar-refractivity contribution in [3.05, 3.63) is 76.3 Å². The van der Waals surface area contributed by atoms with Gasteiger partial charge in [0.15, 0.2) is 5.69 Å². The number of aromatic nitrogens is 6. The van der Waals surface area contributed by atoms with E-state index in [9.17, 15) is 35.9 Å². The lowest BCUT2D eigenvalue weighted by Crippen LogP contribution is -2.23. The van der Waals surface area contributed by atoms with Crippen molar-refractivity contribution in [2.24, 2.45) is 0 Å². The zero-order valence-corrected chi connectivity index (χ0v) is 23.6. The normalized spacial score (nSPS) is 12.5. The fourth-order valence-electron chi connectivity index (χ4n) is 3.73. The smallest absolute Gasteiger partial charge is 0.406 e. The summed E-state index contributed by atoms with van der Waals surface area (Å²) in [5.41, 5.74) is 0.325. The largest absolute Gasteiger partial charge is 0.573 e. The molecule has 0 aliphatic carbocycles. The number of amides is 2. The van der Waals surface area contributed by atoms with Crippen LogP contribution >= 0.6 is 11.3 Å². The van der Waals surface area contributed by atoms with Gasteiger partial charge in [0.1, 0.15) is 22.6 Å². The number of hydrogen-bond donors (Lipinski definition) is 2. The summed E-state index contributed by atoms with van der Waals surface area (Å²) in [5, 5.41) is 20.9. The minimum atomic E-state index is -4.85. The van der Waals surface area contributed by atoms with Gasteiger partial charge in [0.05, 0.1) is 19.2 Å². The molecule has 44 heavy (non-hydrogen) atoms. The molecule has 0 aliphatic heterocycles. The summed E-state index contributed by atoms with van der Waals surface area (Å²) in [6.07, 6.45) is -3.77. The van der Waals surface area contributed by atoms with Gasteiger partial charge in [0.2, 0.25) is 11.0 Å². The maximum atomic E-state index is 14.6. The Kier molecular flexibility index (Phi) is 10.1. The number of benzene rings is 1. The molecule has 18 heteroatoms. The van der Waals surface area contributed by atoms with E-state index in [1.165, 1.54) is 41.3 Å². The van der Waals surface area contributed by atoms with E-state index in [1.807, 2.05) is 0 Å². The predicted octanol–water partition coefficient (Wildman–Crippen LogP) is 4.62. The minimum Gasteiger partial charge on any atom is -0.406 e. The number of halogens is 6. The molecule has 2 amide bonds. The van der Waals surface area contributed by atoms with E-state index in [-0.39, 0.29) is 48.7 Å². The lowest BCUT2D eigenvalue weighted by Gasteiger charge is -2.10. The topological polar surface area (TPSA) is 137 Å². The second-order valence-corrected chi connectivity index (χ2v) is 10.6. The first-order valence-corrected chi connectivity index (χ1v) is 13.7. The van der Waals surface area contributed by atoms with Crippen molar-refractivity contribution in [2.75, 3.05) is 5.32 Å². The molecular weight excluding hydrogens is 618 g/mol. The molecule has 4 rings (SSSR count). The summed E-state index contributed by atoms with van der Waals surface area (Å²) in [6, 6.07) is 7.60. The molecule has 1 aromatic carbocycles. The van der Waals surface area contributed by atoms with Crippen LogP contribution in [0.2, 0.25) is 0 Å². The number of nitrogens with zero attached hydrogens (tertiary/aromatic N) is 6. The lowest BCUT2D eigenvalue weighted by atomic mass is 10.1. The maximum Gasteiger partial charge on any atom is 0.573 e. The SMILES string of the molecule is CC(F)(F)c1ccc(CNC(=O)c2cn(CC(F)CCc3nnc(NC(=O)Cc4cccc(OC(F)(F)F)c4)s3)nn2)cn1. The average Bonchev–Trinajstić information content (AvgIpc) is 3.59. The zero-order valence-electron chi connectivity index (χ0n) is 22.8. The number of aryl methyl sites for hydroxylation is 1. The molecule has 0 bridgehead atoms. The monoisotopic (exact) mass is 642 g/mol. The van der Waals surface area contributed by atoms with Crippen LogP contribution in [-0.4, -0.2) is 54.5 Å². The van der Waals surface area contributed by atoms with Gasteiger partial charge in [-0.25, -0.2) is 9.07 Å². The van der Waals surface area contributed by atoms with Crippen molar-refractivity contribution in [1.82, 2.24) is 35.5 Å².